The molecule has 1 aliphatic heterocycles. The monoisotopic (exact) mass is 496 g/mol. The number of methoxy groups -OCH3 is 1. The lowest BCUT2D eigenvalue weighted by atomic mass is 9.86. The van der Waals surface area contributed by atoms with E-state index in [-0.39, 0.29) is 23.4 Å². The molecule has 0 saturated carbocycles. The predicted octanol–water partition coefficient (Wildman–Crippen LogP) is 4.89. The molecule has 0 aromatic heterocycles. The van der Waals surface area contributed by atoms with E-state index >= 15 is 0 Å². The van der Waals surface area contributed by atoms with Crippen molar-refractivity contribution < 1.29 is 19.4 Å². The first-order valence-electron chi connectivity index (χ1n) is 10.9. The van der Waals surface area contributed by atoms with Crippen LogP contribution in [-0.4, -0.2) is 59.1 Å². The van der Waals surface area contributed by atoms with Crippen LogP contribution in [-0.2, 0) is 16.0 Å². The fourth-order valence-electron chi connectivity index (χ4n) is 3.97. The highest BCUT2D eigenvalue weighted by atomic mass is 79.9. The van der Waals surface area contributed by atoms with E-state index in [1.807, 2.05) is 37.8 Å². The van der Waals surface area contributed by atoms with Gasteiger partial charge in [0, 0.05) is 18.6 Å². The minimum absolute atomic E-state index is 0.0262. The van der Waals surface area contributed by atoms with Gasteiger partial charge in [0.1, 0.15) is 11.8 Å². The lowest BCUT2D eigenvalue weighted by molar-refractivity contribution is -0.146. The zero-order valence-electron chi connectivity index (χ0n) is 19.9. The minimum atomic E-state index is -0.944. The van der Waals surface area contributed by atoms with Crippen LogP contribution in [0.1, 0.15) is 71.6 Å². The molecule has 1 amide bonds. The SMILES string of the molecule is CCC(C)(C)CCN(C(=O)CN1CCc2cc(OC)c(Br)cc2C1C(=O)O)C(C)(C)C. The number of carboxylic acid groups (broad SMARTS) is 1. The highest BCUT2D eigenvalue weighted by molar-refractivity contribution is 9.10. The topological polar surface area (TPSA) is 70.1 Å². The van der Waals surface area contributed by atoms with Crippen molar-refractivity contribution in [2.75, 3.05) is 26.7 Å². The highest BCUT2D eigenvalue weighted by Crippen LogP contribution is 2.37. The number of carbonyl (C=O) groups excluding carboxylic acids is 1. The standard InChI is InChI=1S/C24H37BrN2O4/c1-8-24(5,6)10-12-27(23(2,3)4)20(28)15-26-11-9-16-13-19(31-7)18(25)14-17(16)21(26)22(29)30/h13-14,21H,8-12,15H2,1-7H3,(H,29,30). The molecule has 0 aliphatic carbocycles. The average Bonchev–Trinajstić information content (AvgIpc) is 2.65. The summed E-state index contributed by atoms with van der Waals surface area (Å²) in [7, 11) is 1.59. The number of amides is 1. The second-order valence-electron chi connectivity index (χ2n) is 10.1. The zero-order valence-corrected chi connectivity index (χ0v) is 21.5. The Kier molecular flexibility index (Phi) is 8.20. The highest BCUT2D eigenvalue weighted by Gasteiger charge is 2.37. The fraction of sp³-hybridized carbons (Fsp3) is 0.667. The van der Waals surface area contributed by atoms with Crippen molar-refractivity contribution in [1.82, 2.24) is 9.80 Å². The van der Waals surface area contributed by atoms with Crippen LogP contribution in [0.15, 0.2) is 16.6 Å². The van der Waals surface area contributed by atoms with Crippen LogP contribution in [0, 0.1) is 5.41 Å². The van der Waals surface area contributed by atoms with E-state index in [0.29, 0.717) is 35.3 Å². The third kappa shape index (κ3) is 6.22. The summed E-state index contributed by atoms with van der Waals surface area (Å²) in [6.07, 6.45) is 2.63. The van der Waals surface area contributed by atoms with Gasteiger partial charge in [-0.05, 0) is 78.2 Å². The Balaban J connectivity index is 2.27. The van der Waals surface area contributed by atoms with Crippen LogP contribution >= 0.6 is 15.9 Å². The lowest BCUT2D eigenvalue weighted by Crippen LogP contribution is -2.52. The number of rotatable bonds is 8. The number of hydrogen-bond donors (Lipinski definition) is 1. The van der Waals surface area contributed by atoms with Crippen LogP contribution in [0.25, 0.3) is 0 Å². The first kappa shape index (κ1) is 25.7. The van der Waals surface area contributed by atoms with Crippen molar-refractivity contribution in [3.63, 3.8) is 0 Å². The lowest BCUT2D eigenvalue weighted by Gasteiger charge is -2.41. The van der Waals surface area contributed by atoms with Gasteiger partial charge in [0.25, 0.3) is 0 Å². The molecular formula is C24H37BrN2O4. The Morgan fingerprint density at radius 2 is 1.90 bits per heavy atom. The Morgan fingerprint density at radius 1 is 1.26 bits per heavy atom. The van der Waals surface area contributed by atoms with Gasteiger partial charge in [-0.1, -0.05) is 27.2 Å². The molecule has 1 aromatic carbocycles. The number of ether oxygens (including phenoxy) is 1. The van der Waals surface area contributed by atoms with Crippen LogP contribution in [0.5, 0.6) is 5.75 Å². The van der Waals surface area contributed by atoms with E-state index in [2.05, 4.69) is 36.7 Å². The number of hydrogen-bond acceptors (Lipinski definition) is 4. The van der Waals surface area contributed by atoms with Crippen LogP contribution < -0.4 is 4.74 Å². The van der Waals surface area contributed by atoms with Crippen molar-refractivity contribution in [2.24, 2.45) is 5.41 Å². The van der Waals surface area contributed by atoms with Crippen LogP contribution in [0.2, 0.25) is 0 Å². The maximum absolute atomic E-state index is 13.4. The van der Waals surface area contributed by atoms with Crippen molar-refractivity contribution in [3.8, 4) is 5.75 Å². The number of nitrogens with zero attached hydrogens (tertiary/aromatic N) is 2. The predicted molar refractivity (Wildman–Crippen MR) is 127 cm³/mol. The molecule has 2 rings (SSSR count). The second kappa shape index (κ2) is 9.90. The maximum Gasteiger partial charge on any atom is 0.325 e. The summed E-state index contributed by atoms with van der Waals surface area (Å²) in [5, 5.41) is 10.0. The number of benzene rings is 1. The van der Waals surface area contributed by atoms with Crippen molar-refractivity contribution in [3.05, 3.63) is 27.7 Å². The van der Waals surface area contributed by atoms with Gasteiger partial charge < -0.3 is 14.7 Å². The Bertz CT molecular complexity index is 817. The summed E-state index contributed by atoms with van der Waals surface area (Å²) in [5.74, 6) is -0.285. The largest absolute Gasteiger partial charge is 0.496 e. The molecule has 0 bridgehead atoms. The van der Waals surface area contributed by atoms with Crippen molar-refractivity contribution in [1.29, 1.82) is 0 Å². The van der Waals surface area contributed by atoms with E-state index in [1.165, 1.54) is 0 Å². The Labute approximate surface area is 195 Å². The second-order valence-corrected chi connectivity index (χ2v) is 11.0. The number of halogens is 1. The summed E-state index contributed by atoms with van der Waals surface area (Å²) in [6.45, 7) is 14.0. The van der Waals surface area contributed by atoms with Crippen LogP contribution in [0.4, 0.5) is 0 Å². The number of carbonyl (C=O) groups is 2. The summed E-state index contributed by atoms with van der Waals surface area (Å²) >= 11 is 3.47. The van der Waals surface area contributed by atoms with Crippen molar-refractivity contribution >= 4 is 27.8 Å². The fourth-order valence-corrected chi connectivity index (χ4v) is 4.50. The number of fused-ring (bicyclic) bond motifs is 1. The van der Waals surface area contributed by atoms with Gasteiger partial charge in [0.05, 0.1) is 18.1 Å². The molecule has 1 aliphatic rings. The molecule has 7 heteroatoms. The normalized spacial score (nSPS) is 17.2. The molecule has 1 N–H and O–H groups in total. The molecule has 1 unspecified atom stereocenters. The first-order valence-corrected chi connectivity index (χ1v) is 11.7. The number of carboxylic acids is 1. The van der Waals surface area contributed by atoms with E-state index in [0.717, 1.165) is 18.4 Å². The molecule has 1 atom stereocenters. The Morgan fingerprint density at radius 3 is 2.42 bits per heavy atom. The quantitative estimate of drug-likeness (QED) is 0.554. The summed E-state index contributed by atoms with van der Waals surface area (Å²) in [6, 6.07) is 2.85. The van der Waals surface area contributed by atoms with Gasteiger partial charge in [0.15, 0.2) is 0 Å². The summed E-state index contributed by atoms with van der Waals surface area (Å²) < 4.78 is 6.08. The third-order valence-electron chi connectivity index (χ3n) is 6.39. The average molecular weight is 497 g/mol. The first-order chi connectivity index (χ1) is 14.3. The van der Waals surface area contributed by atoms with E-state index in [9.17, 15) is 14.7 Å². The molecule has 0 saturated heterocycles. The van der Waals surface area contributed by atoms with Gasteiger partial charge in [-0.25, -0.2) is 0 Å². The van der Waals surface area contributed by atoms with Gasteiger partial charge >= 0.3 is 5.97 Å². The van der Waals surface area contributed by atoms with Gasteiger partial charge in [0.2, 0.25) is 5.91 Å². The van der Waals surface area contributed by atoms with Crippen molar-refractivity contribution in [2.45, 2.75) is 72.4 Å². The minimum Gasteiger partial charge on any atom is -0.496 e. The molecule has 31 heavy (non-hydrogen) atoms. The Hall–Kier alpha value is -1.60. The third-order valence-corrected chi connectivity index (χ3v) is 7.01. The molecule has 174 valence electrons. The zero-order chi connectivity index (χ0) is 23.6. The molecule has 6 nitrogen and oxygen atoms in total. The molecule has 1 heterocycles. The molecule has 1 aromatic rings. The smallest absolute Gasteiger partial charge is 0.325 e. The van der Waals surface area contributed by atoms with E-state index < -0.39 is 12.0 Å². The van der Waals surface area contributed by atoms with Gasteiger partial charge in [-0.15, -0.1) is 0 Å². The van der Waals surface area contributed by atoms with E-state index in [1.54, 1.807) is 12.0 Å². The summed E-state index contributed by atoms with van der Waals surface area (Å²) in [4.78, 5) is 29.3. The number of aliphatic carboxylic acids is 1. The van der Waals surface area contributed by atoms with Crippen LogP contribution in [0.3, 0.4) is 0 Å². The van der Waals surface area contributed by atoms with Gasteiger partial charge in [-0.3, -0.25) is 14.5 Å². The molecule has 0 spiro atoms. The van der Waals surface area contributed by atoms with E-state index in [4.69, 9.17) is 4.74 Å². The molecule has 0 fully saturated rings. The summed E-state index contributed by atoms with van der Waals surface area (Å²) in [5.41, 5.74) is 1.49. The molecule has 0 radical (unpaired) electrons. The molecular weight excluding hydrogens is 460 g/mol. The van der Waals surface area contributed by atoms with Gasteiger partial charge in [-0.2, -0.15) is 0 Å². The maximum atomic E-state index is 13.4.